The highest BCUT2D eigenvalue weighted by Crippen LogP contribution is 2.25. The van der Waals surface area contributed by atoms with Crippen molar-refractivity contribution in [3.8, 4) is 0 Å². The maximum absolute atomic E-state index is 12.8. The molecule has 0 bridgehead atoms. The second kappa shape index (κ2) is 4.84. The molecule has 3 nitrogen and oxygen atoms in total. The Hall–Kier alpha value is -1.42. The summed E-state index contributed by atoms with van der Waals surface area (Å²) in [5, 5.41) is 3.28. The monoisotopic (exact) mass is 236 g/mol. The smallest absolute Gasteiger partial charge is 0.241 e. The van der Waals surface area contributed by atoms with Crippen LogP contribution in [0.3, 0.4) is 0 Å². The van der Waals surface area contributed by atoms with Gasteiger partial charge in [0.25, 0.3) is 0 Å². The average Bonchev–Trinajstić information content (AvgIpc) is 2.59. The summed E-state index contributed by atoms with van der Waals surface area (Å²) in [6, 6.07) is 6.15. The third-order valence-electron chi connectivity index (χ3n) is 3.16. The van der Waals surface area contributed by atoms with E-state index in [0.29, 0.717) is 0 Å². The number of benzene rings is 1. The number of carbonyl (C=O) groups is 1. The van der Waals surface area contributed by atoms with Crippen LogP contribution >= 0.6 is 0 Å². The van der Waals surface area contributed by atoms with E-state index in [4.69, 9.17) is 0 Å². The molecule has 17 heavy (non-hydrogen) atoms. The van der Waals surface area contributed by atoms with Crippen molar-refractivity contribution in [1.29, 1.82) is 0 Å². The summed E-state index contributed by atoms with van der Waals surface area (Å²) in [5.41, 5.74) is 0.917. The second-order valence-corrected chi connectivity index (χ2v) is 4.41. The summed E-state index contributed by atoms with van der Waals surface area (Å²) >= 11 is 0. The van der Waals surface area contributed by atoms with E-state index in [0.717, 1.165) is 18.4 Å². The molecule has 1 N–H and O–H groups in total. The molecule has 0 saturated carbocycles. The van der Waals surface area contributed by atoms with E-state index in [1.807, 2.05) is 0 Å². The van der Waals surface area contributed by atoms with Crippen LogP contribution in [-0.2, 0) is 4.79 Å². The van der Waals surface area contributed by atoms with Crippen molar-refractivity contribution in [2.45, 2.75) is 32.0 Å². The normalized spacial score (nSPS) is 24.4. The Morgan fingerprint density at radius 1 is 1.35 bits per heavy atom. The second-order valence-electron chi connectivity index (χ2n) is 4.41. The predicted octanol–water partition coefficient (Wildman–Crippen LogP) is 2.05. The van der Waals surface area contributed by atoms with Crippen molar-refractivity contribution >= 4 is 5.91 Å². The lowest BCUT2D eigenvalue weighted by molar-refractivity contribution is -0.128. The van der Waals surface area contributed by atoms with E-state index in [2.05, 4.69) is 12.2 Å². The molecule has 1 aliphatic heterocycles. The van der Waals surface area contributed by atoms with Crippen LogP contribution in [0.15, 0.2) is 24.3 Å². The predicted molar refractivity (Wildman–Crippen MR) is 63.7 cm³/mol. The first kappa shape index (κ1) is 12.0. The van der Waals surface area contributed by atoms with Gasteiger partial charge in [-0.05, 0) is 24.1 Å². The van der Waals surface area contributed by atoms with Crippen LogP contribution in [0, 0.1) is 5.82 Å². The van der Waals surface area contributed by atoms with E-state index in [1.54, 1.807) is 24.1 Å². The topological polar surface area (TPSA) is 32.3 Å². The standard InChI is InChI=1S/C13H17FN2O/c1-3-4-11-13(17)16(2)12(15-11)9-5-7-10(14)8-6-9/h5-8,11-12,15H,3-4H2,1-2H3. The molecule has 0 aromatic heterocycles. The summed E-state index contributed by atoms with van der Waals surface area (Å²) in [6.45, 7) is 2.06. The zero-order chi connectivity index (χ0) is 12.4. The fourth-order valence-corrected chi connectivity index (χ4v) is 2.21. The van der Waals surface area contributed by atoms with Gasteiger partial charge >= 0.3 is 0 Å². The molecule has 1 amide bonds. The number of nitrogens with one attached hydrogen (secondary N) is 1. The SMILES string of the molecule is CCCC1NC(c2ccc(F)cc2)N(C)C1=O. The molecule has 4 heteroatoms. The molecule has 1 fully saturated rings. The van der Waals surface area contributed by atoms with Crippen molar-refractivity contribution in [2.24, 2.45) is 0 Å². The van der Waals surface area contributed by atoms with Crippen molar-refractivity contribution in [3.63, 3.8) is 0 Å². The fraction of sp³-hybridized carbons (Fsp3) is 0.462. The van der Waals surface area contributed by atoms with Gasteiger partial charge in [-0.2, -0.15) is 0 Å². The Morgan fingerprint density at radius 2 is 2.00 bits per heavy atom. The third-order valence-corrected chi connectivity index (χ3v) is 3.16. The molecule has 2 unspecified atom stereocenters. The van der Waals surface area contributed by atoms with Crippen molar-refractivity contribution in [1.82, 2.24) is 10.2 Å². The summed E-state index contributed by atoms with van der Waals surface area (Å²) in [4.78, 5) is 13.6. The number of nitrogens with zero attached hydrogens (tertiary/aromatic N) is 1. The number of hydrogen-bond acceptors (Lipinski definition) is 2. The molecule has 0 radical (unpaired) electrons. The van der Waals surface area contributed by atoms with E-state index in [9.17, 15) is 9.18 Å². The molecule has 1 heterocycles. The fourth-order valence-electron chi connectivity index (χ4n) is 2.21. The molecule has 1 aromatic rings. The average molecular weight is 236 g/mol. The highest BCUT2D eigenvalue weighted by molar-refractivity contribution is 5.84. The molecule has 92 valence electrons. The van der Waals surface area contributed by atoms with Crippen LogP contribution in [0.25, 0.3) is 0 Å². The first-order chi connectivity index (χ1) is 8.13. The minimum Gasteiger partial charge on any atom is -0.325 e. The lowest BCUT2D eigenvalue weighted by atomic mass is 10.1. The first-order valence-corrected chi connectivity index (χ1v) is 5.91. The molecule has 2 atom stereocenters. The van der Waals surface area contributed by atoms with Gasteiger partial charge in [0.1, 0.15) is 12.0 Å². The lowest BCUT2D eigenvalue weighted by Crippen LogP contribution is -2.28. The minimum absolute atomic E-state index is 0.111. The van der Waals surface area contributed by atoms with Gasteiger partial charge in [-0.3, -0.25) is 10.1 Å². The number of likely N-dealkylation sites (N-methyl/N-ethyl adjacent to an activating group) is 1. The Morgan fingerprint density at radius 3 is 2.59 bits per heavy atom. The molecule has 1 saturated heterocycles. The quantitative estimate of drug-likeness (QED) is 0.871. The van der Waals surface area contributed by atoms with Gasteiger partial charge in [0.2, 0.25) is 5.91 Å². The summed E-state index contributed by atoms with van der Waals surface area (Å²) in [7, 11) is 1.78. The van der Waals surface area contributed by atoms with Crippen LogP contribution in [0.5, 0.6) is 0 Å². The number of halogens is 1. The Labute approximate surface area is 101 Å². The Balaban J connectivity index is 2.17. The molecule has 0 aliphatic carbocycles. The highest BCUT2D eigenvalue weighted by atomic mass is 19.1. The maximum Gasteiger partial charge on any atom is 0.241 e. The summed E-state index contributed by atoms with van der Waals surface area (Å²) in [6.07, 6.45) is 1.66. The zero-order valence-corrected chi connectivity index (χ0v) is 10.1. The van der Waals surface area contributed by atoms with Crippen LogP contribution in [0.4, 0.5) is 4.39 Å². The van der Waals surface area contributed by atoms with Gasteiger partial charge in [0, 0.05) is 7.05 Å². The van der Waals surface area contributed by atoms with Crippen molar-refractivity contribution in [2.75, 3.05) is 7.05 Å². The first-order valence-electron chi connectivity index (χ1n) is 5.91. The van der Waals surface area contributed by atoms with E-state index >= 15 is 0 Å². The van der Waals surface area contributed by atoms with Gasteiger partial charge < -0.3 is 4.90 Å². The molecular formula is C13H17FN2O. The Bertz CT molecular complexity index is 404. The van der Waals surface area contributed by atoms with Gasteiger partial charge in [0.05, 0.1) is 6.04 Å². The number of rotatable bonds is 3. The maximum atomic E-state index is 12.8. The highest BCUT2D eigenvalue weighted by Gasteiger charge is 2.36. The largest absolute Gasteiger partial charge is 0.325 e. The molecular weight excluding hydrogens is 219 g/mol. The van der Waals surface area contributed by atoms with Crippen molar-refractivity contribution in [3.05, 3.63) is 35.6 Å². The van der Waals surface area contributed by atoms with E-state index < -0.39 is 0 Å². The summed E-state index contributed by atoms with van der Waals surface area (Å²) < 4.78 is 12.8. The van der Waals surface area contributed by atoms with Gasteiger partial charge in [-0.1, -0.05) is 25.5 Å². The number of carbonyl (C=O) groups excluding carboxylic acids is 1. The molecule has 1 aliphatic rings. The van der Waals surface area contributed by atoms with Crippen molar-refractivity contribution < 1.29 is 9.18 Å². The number of amides is 1. The van der Waals surface area contributed by atoms with Crippen LogP contribution in [-0.4, -0.2) is 23.9 Å². The van der Waals surface area contributed by atoms with Crippen LogP contribution in [0.2, 0.25) is 0 Å². The Kier molecular flexibility index (Phi) is 3.43. The van der Waals surface area contributed by atoms with E-state index in [-0.39, 0.29) is 23.9 Å². The minimum atomic E-state index is -0.258. The molecule has 1 aromatic carbocycles. The van der Waals surface area contributed by atoms with E-state index in [1.165, 1.54) is 12.1 Å². The third kappa shape index (κ3) is 2.31. The number of hydrogen-bond donors (Lipinski definition) is 1. The van der Waals surface area contributed by atoms with Crippen LogP contribution in [0.1, 0.15) is 31.5 Å². The molecule has 0 spiro atoms. The van der Waals surface area contributed by atoms with Crippen LogP contribution < -0.4 is 5.32 Å². The zero-order valence-electron chi connectivity index (χ0n) is 10.1. The van der Waals surface area contributed by atoms with Gasteiger partial charge in [-0.25, -0.2) is 4.39 Å². The molecule has 2 rings (SSSR count). The lowest BCUT2D eigenvalue weighted by Gasteiger charge is -2.19. The summed E-state index contributed by atoms with van der Waals surface area (Å²) in [5.74, 6) is -0.146. The van der Waals surface area contributed by atoms with Gasteiger partial charge in [0.15, 0.2) is 0 Å². The van der Waals surface area contributed by atoms with Gasteiger partial charge in [-0.15, -0.1) is 0 Å².